The van der Waals surface area contributed by atoms with Crippen LogP contribution >= 0.6 is 0 Å². The maximum Gasteiger partial charge on any atom is 0.426 e. The van der Waals surface area contributed by atoms with Gasteiger partial charge in [0.15, 0.2) is 6.29 Å². The standard InChI is InChI=1S/C6H6F6O2/c7-5(8,9)4(6(10,11)12)2-1-3(13)14-4/h3,13H,1-2H2. The quantitative estimate of drug-likeness (QED) is 0.637. The predicted molar refractivity (Wildman–Crippen MR) is 31.2 cm³/mol. The van der Waals surface area contributed by atoms with Gasteiger partial charge in [-0.25, -0.2) is 0 Å². The lowest BCUT2D eigenvalue weighted by molar-refractivity contribution is -0.385. The number of rotatable bonds is 0. The van der Waals surface area contributed by atoms with E-state index in [0.29, 0.717) is 0 Å². The van der Waals surface area contributed by atoms with Crippen molar-refractivity contribution >= 4 is 0 Å². The Hall–Kier alpha value is -0.500. The van der Waals surface area contributed by atoms with Crippen LogP contribution in [0.25, 0.3) is 0 Å². The van der Waals surface area contributed by atoms with Crippen molar-refractivity contribution in [2.45, 2.75) is 37.1 Å². The maximum absolute atomic E-state index is 12.1. The van der Waals surface area contributed by atoms with Gasteiger partial charge < -0.3 is 9.84 Å². The van der Waals surface area contributed by atoms with Gasteiger partial charge in [-0.15, -0.1) is 0 Å². The predicted octanol–water partition coefficient (Wildman–Crippen LogP) is 1.98. The average Bonchev–Trinajstić information content (AvgIpc) is 2.28. The van der Waals surface area contributed by atoms with Crippen LogP contribution in [0, 0.1) is 0 Å². The van der Waals surface area contributed by atoms with Crippen LogP contribution in [-0.2, 0) is 4.74 Å². The van der Waals surface area contributed by atoms with Gasteiger partial charge in [0.25, 0.3) is 5.60 Å². The largest absolute Gasteiger partial charge is 0.426 e. The van der Waals surface area contributed by atoms with Gasteiger partial charge in [-0.2, -0.15) is 26.3 Å². The van der Waals surface area contributed by atoms with E-state index in [9.17, 15) is 26.3 Å². The summed E-state index contributed by atoms with van der Waals surface area (Å²) in [5.41, 5.74) is -4.21. The topological polar surface area (TPSA) is 29.5 Å². The van der Waals surface area contributed by atoms with Crippen LogP contribution in [0.2, 0.25) is 0 Å². The molecule has 1 rings (SSSR count). The van der Waals surface area contributed by atoms with E-state index in [2.05, 4.69) is 4.74 Å². The zero-order chi connectivity index (χ0) is 11.2. The lowest BCUT2D eigenvalue weighted by Gasteiger charge is -2.32. The van der Waals surface area contributed by atoms with Crippen molar-refractivity contribution in [2.24, 2.45) is 0 Å². The summed E-state index contributed by atoms with van der Waals surface area (Å²) >= 11 is 0. The number of alkyl halides is 6. The first-order valence-electron chi connectivity index (χ1n) is 3.59. The van der Waals surface area contributed by atoms with Crippen molar-refractivity contribution in [3.05, 3.63) is 0 Å². The van der Waals surface area contributed by atoms with E-state index in [1.54, 1.807) is 0 Å². The van der Waals surface area contributed by atoms with E-state index in [1.807, 2.05) is 0 Å². The summed E-state index contributed by atoms with van der Waals surface area (Å²) in [7, 11) is 0. The third kappa shape index (κ3) is 1.56. The molecule has 1 fully saturated rings. The lowest BCUT2D eigenvalue weighted by atomic mass is 9.99. The monoisotopic (exact) mass is 224 g/mol. The first-order valence-corrected chi connectivity index (χ1v) is 3.59. The van der Waals surface area contributed by atoms with Crippen LogP contribution < -0.4 is 0 Å². The highest BCUT2D eigenvalue weighted by molar-refractivity contribution is 4.99. The molecular formula is C6H6F6O2. The summed E-state index contributed by atoms with van der Waals surface area (Å²) in [5.74, 6) is 0. The van der Waals surface area contributed by atoms with Gasteiger partial charge in [-0.1, -0.05) is 0 Å². The second-order valence-electron chi connectivity index (χ2n) is 2.93. The molecule has 0 saturated carbocycles. The van der Waals surface area contributed by atoms with Gasteiger partial charge in [0.05, 0.1) is 0 Å². The average molecular weight is 224 g/mol. The number of halogens is 6. The molecule has 1 heterocycles. The zero-order valence-electron chi connectivity index (χ0n) is 6.61. The molecule has 1 aliphatic rings. The second kappa shape index (κ2) is 2.99. The number of hydrogen-bond acceptors (Lipinski definition) is 2. The van der Waals surface area contributed by atoms with Crippen LogP contribution in [-0.4, -0.2) is 29.4 Å². The van der Waals surface area contributed by atoms with Gasteiger partial charge >= 0.3 is 12.4 Å². The number of aliphatic hydroxyl groups excluding tert-OH is 1. The molecule has 84 valence electrons. The third-order valence-corrected chi connectivity index (χ3v) is 2.00. The summed E-state index contributed by atoms with van der Waals surface area (Å²) in [6.45, 7) is 0. The minimum Gasteiger partial charge on any atom is -0.368 e. The molecule has 8 heteroatoms. The molecule has 0 spiro atoms. The fraction of sp³-hybridized carbons (Fsp3) is 1.00. The lowest BCUT2D eigenvalue weighted by Crippen LogP contribution is -2.56. The van der Waals surface area contributed by atoms with E-state index >= 15 is 0 Å². The van der Waals surface area contributed by atoms with E-state index in [1.165, 1.54) is 0 Å². The molecule has 0 aromatic heterocycles. The van der Waals surface area contributed by atoms with Crippen LogP contribution in [0.5, 0.6) is 0 Å². The summed E-state index contributed by atoms with van der Waals surface area (Å²) in [5, 5.41) is 8.57. The van der Waals surface area contributed by atoms with Gasteiger partial charge in [0.2, 0.25) is 0 Å². The Kier molecular flexibility index (Phi) is 2.47. The molecule has 0 aromatic rings. The van der Waals surface area contributed by atoms with E-state index < -0.39 is 37.1 Å². The van der Waals surface area contributed by atoms with Gasteiger partial charge in [0.1, 0.15) is 0 Å². The normalized spacial score (nSPS) is 28.1. The molecule has 0 bridgehead atoms. The SMILES string of the molecule is OC1CCC(C(F)(F)F)(C(F)(F)F)O1. The summed E-state index contributed by atoms with van der Waals surface area (Å²) in [6.07, 6.45) is -15.1. The molecule has 0 amide bonds. The van der Waals surface area contributed by atoms with Crippen molar-refractivity contribution in [2.75, 3.05) is 0 Å². The number of hydrogen-bond donors (Lipinski definition) is 1. The van der Waals surface area contributed by atoms with Crippen molar-refractivity contribution in [1.82, 2.24) is 0 Å². The molecule has 0 aromatic carbocycles. The van der Waals surface area contributed by atoms with Crippen molar-refractivity contribution in [3.8, 4) is 0 Å². The minimum absolute atomic E-state index is 0.682. The molecule has 0 aliphatic carbocycles. The van der Waals surface area contributed by atoms with Crippen LogP contribution in [0.3, 0.4) is 0 Å². The molecule has 1 saturated heterocycles. The Balaban J connectivity index is 3.05. The van der Waals surface area contributed by atoms with Crippen molar-refractivity contribution in [3.63, 3.8) is 0 Å². The first-order chi connectivity index (χ1) is 6.10. The van der Waals surface area contributed by atoms with E-state index in [-0.39, 0.29) is 0 Å². The highest BCUT2D eigenvalue weighted by Gasteiger charge is 2.74. The Morgan fingerprint density at radius 1 is 1.07 bits per heavy atom. The number of ether oxygens (including phenoxy) is 1. The van der Waals surface area contributed by atoms with Gasteiger partial charge in [-0.05, 0) is 6.42 Å². The summed E-state index contributed by atoms with van der Waals surface area (Å²) in [6, 6.07) is 0. The molecule has 0 radical (unpaired) electrons. The summed E-state index contributed by atoms with van der Waals surface area (Å²) in [4.78, 5) is 0. The molecule has 2 nitrogen and oxygen atoms in total. The van der Waals surface area contributed by atoms with Crippen LogP contribution in [0.1, 0.15) is 12.8 Å². The van der Waals surface area contributed by atoms with Crippen molar-refractivity contribution < 1.29 is 36.2 Å². The maximum atomic E-state index is 12.1. The molecule has 1 atom stereocenters. The van der Waals surface area contributed by atoms with E-state index in [0.717, 1.165) is 0 Å². The van der Waals surface area contributed by atoms with Gasteiger partial charge in [0, 0.05) is 6.42 Å². The fourth-order valence-corrected chi connectivity index (χ4v) is 1.25. The second-order valence-corrected chi connectivity index (χ2v) is 2.93. The highest BCUT2D eigenvalue weighted by Crippen LogP contribution is 2.52. The number of aliphatic hydroxyl groups is 1. The molecule has 1 N–H and O–H groups in total. The molecular weight excluding hydrogens is 218 g/mol. The van der Waals surface area contributed by atoms with Crippen LogP contribution in [0.15, 0.2) is 0 Å². The van der Waals surface area contributed by atoms with E-state index in [4.69, 9.17) is 5.11 Å². The Bertz CT molecular complexity index is 205. The molecule has 1 aliphatic heterocycles. The highest BCUT2D eigenvalue weighted by atomic mass is 19.4. The van der Waals surface area contributed by atoms with Crippen molar-refractivity contribution in [1.29, 1.82) is 0 Å². The fourth-order valence-electron chi connectivity index (χ4n) is 1.25. The molecule has 1 unspecified atom stereocenters. The zero-order valence-corrected chi connectivity index (χ0v) is 6.61. The smallest absolute Gasteiger partial charge is 0.368 e. The van der Waals surface area contributed by atoms with Gasteiger partial charge in [-0.3, -0.25) is 0 Å². The Morgan fingerprint density at radius 3 is 1.64 bits per heavy atom. The van der Waals surface area contributed by atoms with Crippen LogP contribution in [0.4, 0.5) is 26.3 Å². The summed E-state index contributed by atoms with van der Waals surface area (Å²) < 4.78 is 76.4. The first kappa shape index (κ1) is 11.6. The molecule has 14 heavy (non-hydrogen) atoms. The Labute approximate surface area is 74.5 Å². The Morgan fingerprint density at radius 2 is 1.50 bits per heavy atom. The minimum atomic E-state index is -5.57. The third-order valence-electron chi connectivity index (χ3n) is 2.00.